The van der Waals surface area contributed by atoms with E-state index < -0.39 is 0 Å². The van der Waals surface area contributed by atoms with E-state index in [1.807, 2.05) is 0 Å². The minimum absolute atomic E-state index is 0. The van der Waals surface area contributed by atoms with Crippen molar-refractivity contribution < 1.29 is 4.52 Å². The summed E-state index contributed by atoms with van der Waals surface area (Å²) in [6, 6.07) is 6.70. The molecule has 0 unspecified atom stereocenters. The summed E-state index contributed by atoms with van der Waals surface area (Å²) in [6.45, 7) is 4.28. The van der Waals surface area contributed by atoms with Crippen molar-refractivity contribution in [3.8, 4) is 0 Å². The van der Waals surface area contributed by atoms with Crippen molar-refractivity contribution >= 4 is 12.4 Å². The lowest BCUT2D eigenvalue weighted by molar-refractivity contribution is 0.337. The van der Waals surface area contributed by atoms with Gasteiger partial charge in [-0.15, -0.1) is 12.4 Å². The molecule has 2 aliphatic carbocycles. The summed E-state index contributed by atoms with van der Waals surface area (Å²) in [5.74, 6) is 1.46. The highest BCUT2D eigenvalue weighted by Crippen LogP contribution is 2.53. The Labute approximate surface area is 143 Å². The first-order chi connectivity index (χ1) is 10.5. The number of aryl methyl sites for hydroxylation is 2. The van der Waals surface area contributed by atoms with E-state index in [1.54, 1.807) is 0 Å². The number of hydrogen-bond donors (Lipinski definition) is 1. The Bertz CT molecular complexity index is 695. The van der Waals surface area contributed by atoms with E-state index >= 15 is 0 Å². The molecule has 5 heteroatoms. The fraction of sp³-hybridized carbons (Fsp3) is 0.556. The molecule has 4 nitrogen and oxygen atoms in total. The van der Waals surface area contributed by atoms with Crippen molar-refractivity contribution in [1.29, 1.82) is 0 Å². The Morgan fingerprint density at radius 2 is 1.61 bits per heavy atom. The van der Waals surface area contributed by atoms with Crippen LogP contribution in [-0.2, 0) is 11.0 Å². The second-order valence-corrected chi connectivity index (χ2v) is 7.24. The lowest BCUT2D eigenvalue weighted by Gasteiger charge is -2.18. The first-order valence-corrected chi connectivity index (χ1v) is 8.24. The van der Waals surface area contributed by atoms with Crippen molar-refractivity contribution in [3.63, 3.8) is 0 Å². The van der Waals surface area contributed by atoms with Gasteiger partial charge in [0.05, 0.1) is 11.0 Å². The quantitative estimate of drug-likeness (QED) is 0.924. The summed E-state index contributed by atoms with van der Waals surface area (Å²) in [7, 11) is 0. The van der Waals surface area contributed by atoms with Crippen molar-refractivity contribution in [2.75, 3.05) is 0 Å². The molecule has 0 atom stereocenters. The topological polar surface area (TPSA) is 64.9 Å². The molecule has 0 spiro atoms. The van der Waals surface area contributed by atoms with Crippen LogP contribution in [0, 0.1) is 13.8 Å². The van der Waals surface area contributed by atoms with Gasteiger partial charge in [-0.2, -0.15) is 4.98 Å². The van der Waals surface area contributed by atoms with Crippen LogP contribution in [0.3, 0.4) is 0 Å². The average Bonchev–Trinajstić information content (AvgIpc) is 2.92. The van der Waals surface area contributed by atoms with E-state index in [4.69, 9.17) is 15.2 Å². The highest BCUT2D eigenvalue weighted by Gasteiger charge is 2.52. The molecule has 0 radical (unpaired) electrons. The summed E-state index contributed by atoms with van der Waals surface area (Å²) >= 11 is 0. The predicted octanol–water partition coefficient (Wildman–Crippen LogP) is 3.92. The maximum Gasteiger partial charge on any atom is 0.237 e. The van der Waals surface area contributed by atoms with E-state index in [0.717, 1.165) is 44.4 Å². The van der Waals surface area contributed by atoms with Gasteiger partial charge < -0.3 is 10.3 Å². The maximum absolute atomic E-state index is 6.46. The molecule has 1 aromatic heterocycles. The summed E-state index contributed by atoms with van der Waals surface area (Å²) < 4.78 is 5.66. The molecule has 0 aliphatic heterocycles. The average molecular weight is 334 g/mol. The van der Waals surface area contributed by atoms with Gasteiger partial charge in [-0.05, 0) is 45.1 Å². The lowest BCUT2D eigenvalue weighted by atomic mass is 9.92. The van der Waals surface area contributed by atoms with Crippen LogP contribution in [0.15, 0.2) is 22.7 Å². The molecule has 1 heterocycles. The monoisotopic (exact) mass is 333 g/mol. The molecule has 2 N–H and O–H groups in total. The standard InChI is InChI=1S/C18H23N3O.ClH/c1-12-9-13(2)11-14(10-12)17(7-8-17)16-20-15(21-22-16)18(19)5-3-4-6-18;/h9-11H,3-8,19H2,1-2H3;1H. The van der Waals surface area contributed by atoms with Gasteiger partial charge >= 0.3 is 0 Å². The third-order valence-electron chi connectivity index (χ3n) is 5.30. The van der Waals surface area contributed by atoms with Gasteiger partial charge in [-0.1, -0.05) is 47.3 Å². The molecule has 124 valence electrons. The zero-order valence-electron chi connectivity index (χ0n) is 13.8. The van der Waals surface area contributed by atoms with Gasteiger partial charge in [-0.3, -0.25) is 0 Å². The van der Waals surface area contributed by atoms with Gasteiger partial charge in [0.1, 0.15) is 0 Å². The van der Waals surface area contributed by atoms with Crippen LogP contribution < -0.4 is 5.73 Å². The molecular formula is C18H24ClN3O. The van der Waals surface area contributed by atoms with E-state index in [-0.39, 0.29) is 23.4 Å². The molecule has 0 saturated heterocycles. The minimum Gasteiger partial charge on any atom is -0.338 e. The number of aromatic nitrogens is 2. The molecule has 2 saturated carbocycles. The Hall–Kier alpha value is -1.39. The van der Waals surface area contributed by atoms with E-state index in [1.165, 1.54) is 16.7 Å². The Morgan fingerprint density at radius 1 is 1.00 bits per heavy atom. The number of nitrogens with two attached hydrogens (primary N) is 1. The van der Waals surface area contributed by atoms with E-state index in [0.29, 0.717) is 5.82 Å². The van der Waals surface area contributed by atoms with Gasteiger partial charge in [0.2, 0.25) is 5.89 Å². The number of rotatable bonds is 3. The van der Waals surface area contributed by atoms with Crippen LogP contribution >= 0.6 is 12.4 Å². The molecule has 2 aliphatic rings. The van der Waals surface area contributed by atoms with Crippen molar-refractivity contribution in [2.24, 2.45) is 5.73 Å². The minimum atomic E-state index is -0.375. The summed E-state index contributed by atoms with van der Waals surface area (Å²) in [4.78, 5) is 4.73. The number of nitrogens with zero attached hydrogens (tertiary/aromatic N) is 2. The molecular weight excluding hydrogens is 310 g/mol. The highest BCUT2D eigenvalue weighted by molar-refractivity contribution is 5.85. The van der Waals surface area contributed by atoms with Gasteiger partial charge in [0.15, 0.2) is 5.82 Å². The second kappa shape index (κ2) is 5.60. The molecule has 0 amide bonds. The fourth-order valence-corrected chi connectivity index (χ4v) is 3.85. The first kappa shape index (κ1) is 16.5. The van der Waals surface area contributed by atoms with Crippen LogP contribution in [-0.4, -0.2) is 10.1 Å². The third kappa shape index (κ3) is 2.68. The van der Waals surface area contributed by atoms with Crippen LogP contribution in [0.25, 0.3) is 0 Å². The molecule has 1 aromatic carbocycles. The smallest absolute Gasteiger partial charge is 0.237 e. The number of benzene rings is 1. The highest BCUT2D eigenvalue weighted by atomic mass is 35.5. The van der Waals surface area contributed by atoms with Crippen molar-refractivity contribution in [3.05, 3.63) is 46.6 Å². The number of halogens is 1. The zero-order valence-corrected chi connectivity index (χ0v) is 14.6. The van der Waals surface area contributed by atoms with Crippen LogP contribution in [0.4, 0.5) is 0 Å². The zero-order chi connectivity index (χ0) is 15.4. The first-order valence-electron chi connectivity index (χ1n) is 8.24. The SMILES string of the molecule is Cc1cc(C)cc(C2(c3nc(C4(N)CCCC4)no3)CC2)c1.Cl. The Kier molecular flexibility index (Phi) is 4.01. The lowest BCUT2D eigenvalue weighted by Crippen LogP contribution is -2.34. The molecule has 0 bridgehead atoms. The predicted molar refractivity (Wildman–Crippen MR) is 91.8 cm³/mol. The van der Waals surface area contributed by atoms with E-state index in [9.17, 15) is 0 Å². The van der Waals surface area contributed by atoms with Crippen LogP contribution in [0.2, 0.25) is 0 Å². The normalized spacial score (nSPS) is 21.0. The largest absolute Gasteiger partial charge is 0.338 e. The van der Waals surface area contributed by atoms with E-state index in [2.05, 4.69) is 37.2 Å². The fourth-order valence-electron chi connectivity index (χ4n) is 3.85. The summed E-state index contributed by atoms with van der Waals surface area (Å²) in [6.07, 6.45) is 6.39. The summed E-state index contributed by atoms with van der Waals surface area (Å²) in [5.41, 5.74) is 9.88. The second-order valence-electron chi connectivity index (χ2n) is 7.24. The van der Waals surface area contributed by atoms with Crippen molar-refractivity contribution in [2.45, 2.75) is 63.3 Å². The Balaban J connectivity index is 0.00000156. The van der Waals surface area contributed by atoms with Crippen LogP contribution in [0.1, 0.15) is 66.9 Å². The van der Waals surface area contributed by atoms with Gasteiger partial charge in [0, 0.05) is 0 Å². The van der Waals surface area contributed by atoms with Crippen LogP contribution in [0.5, 0.6) is 0 Å². The van der Waals surface area contributed by atoms with Gasteiger partial charge in [-0.25, -0.2) is 0 Å². The molecule has 2 aromatic rings. The maximum atomic E-state index is 6.46. The Morgan fingerprint density at radius 3 is 2.17 bits per heavy atom. The number of hydrogen-bond acceptors (Lipinski definition) is 4. The van der Waals surface area contributed by atoms with Gasteiger partial charge in [0.25, 0.3) is 0 Å². The third-order valence-corrected chi connectivity index (χ3v) is 5.30. The summed E-state index contributed by atoms with van der Waals surface area (Å²) in [5, 5.41) is 4.24. The van der Waals surface area contributed by atoms with Crippen molar-refractivity contribution in [1.82, 2.24) is 10.1 Å². The molecule has 23 heavy (non-hydrogen) atoms. The molecule has 4 rings (SSSR count). The molecule has 2 fully saturated rings.